The summed E-state index contributed by atoms with van der Waals surface area (Å²) in [6, 6.07) is 5.49. The van der Waals surface area contributed by atoms with Gasteiger partial charge in [0.05, 0.1) is 13.2 Å². The molecule has 0 saturated carbocycles. The van der Waals surface area contributed by atoms with E-state index in [1.165, 1.54) is 13.8 Å². The van der Waals surface area contributed by atoms with Gasteiger partial charge in [0, 0.05) is 86.5 Å². The second-order valence-electron chi connectivity index (χ2n) is 19.0. The number of unbranched alkanes of at least 4 members (excludes halogenated alkanes) is 2. The van der Waals surface area contributed by atoms with Gasteiger partial charge in [0.2, 0.25) is 17.7 Å². The van der Waals surface area contributed by atoms with Crippen LogP contribution in [0.1, 0.15) is 107 Å². The number of hydrogen-bond acceptors (Lipinski definition) is 20. The molecular formula is C48H71N5O21P2. The molecule has 2 aromatic rings. The molecule has 3 heterocycles. The fourth-order valence-electron chi connectivity index (χ4n) is 9.27. The molecule has 0 aromatic heterocycles. The summed E-state index contributed by atoms with van der Waals surface area (Å²) in [7, 11) is -10.1. The van der Waals surface area contributed by atoms with Crippen LogP contribution in [0.5, 0.6) is 0 Å². The van der Waals surface area contributed by atoms with E-state index in [0.29, 0.717) is 42.4 Å². The highest BCUT2D eigenvalue weighted by Crippen LogP contribution is 2.59. The lowest BCUT2D eigenvalue weighted by atomic mass is 9.91. The van der Waals surface area contributed by atoms with Gasteiger partial charge in [0.1, 0.15) is 60.6 Å². The van der Waals surface area contributed by atoms with Crippen molar-refractivity contribution < 1.29 is 101 Å². The predicted molar refractivity (Wildman–Crippen MR) is 268 cm³/mol. The molecule has 5 amide bonds. The number of aliphatic hydroxyl groups is 4. The minimum absolute atomic E-state index is 0.105. The summed E-state index contributed by atoms with van der Waals surface area (Å²) < 4.78 is 56.9. The van der Waals surface area contributed by atoms with Crippen molar-refractivity contribution in [3.63, 3.8) is 0 Å². The Hall–Kier alpha value is -4.63. The first-order chi connectivity index (χ1) is 35.8. The SMILES string of the molecule is CCCCNc1ccc2c3c(cccc13)C(=O)N(CCC(=O)NCCCC[C@H](CCC(=O)[C@@H](C)OC1C(O)C(CO)OC(OC3C(CO)OC(OP(=O)(O)OP(C)(=O)O)C(NC(C)=O)C3O)C1NC(C)=O)C(C)=O)C2=O. The van der Waals surface area contributed by atoms with E-state index < -0.39 is 131 Å². The zero-order valence-electron chi connectivity index (χ0n) is 43.2. The first-order valence-electron chi connectivity index (χ1n) is 25.0. The minimum atomic E-state index is -5.45. The lowest BCUT2D eigenvalue weighted by Gasteiger charge is -2.49. The number of hydrogen-bond donors (Lipinski definition) is 10. The van der Waals surface area contributed by atoms with E-state index in [1.54, 1.807) is 18.2 Å². The molecular weight excluding hydrogens is 1040 g/mol. The third kappa shape index (κ3) is 16.5. The highest BCUT2D eigenvalue weighted by atomic mass is 31.3. The van der Waals surface area contributed by atoms with Crippen molar-refractivity contribution in [3.8, 4) is 0 Å². The third-order valence-electron chi connectivity index (χ3n) is 13.1. The molecule has 14 atom stereocenters. The number of carbonyl (C=O) groups excluding carboxylic acids is 7. The second-order valence-corrected chi connectivity index (χ2v) is 22.4. The molecule has 26 nitrogen and oxygen atoms in total. The van der Waals surface area contributed by atoms with Crippen LogP contribution in [0.3, 0.4) is 0 Å². The van der Waals surface area contributed by atoms with Crippen LogP contribution in [-0.2, 0) is 60.9 Å². The van der Waals surface area contributed by atoms with Crippen LogP contribution in [0.2, 0.25) is 0 Å². The molecule has 3 aliphatic rings. The molecule has 0 bridgehead atoms. The Labute approximate surface area is 439 Å². The largest absolute Gasteiger partial charge is 0.481 e. The van der Waals surface area contributed by atoms with Gasteiger partial charge in [-0.3, -0.25) is 47.6 Å². The van der Waals surface area contributed by atoms with Gasteiger partial charge in [0.15, 0.2) is 18.4 Å². The Morgan fingerprint density at radius 1 is 0.789 bits per heavy atom. The van der Waals surface area contributed by atoms with Crippen molar-refractivity contribution in [1.82, 2.24) is 20.9 Å². The van der Waals surface area contributed by atoms with Crippen LogP contribution >= 0.6 is 15.4 Å². The number of ketones is 2. The fraction of sp³-hybridized carbons (Fsp3) is 0.646. The Balaban J connectivity index is 1.14. The smallest absolute Gasteiger partial charge is 0.394 e. The number of carbonyl (C=O) groups is 7. The molecule has 10 N–H and O–H groups in total. The highest BCUT2D eigenvalue weighted by molar-refractivity contribution is 7.63. The van der Waals surface area contributed by atoms with Gasteiger partial charge in [-0.05, 0) is 57.7 Å². The van der Waals surface area contributed by atoms with Gasteiger partial charge in [-0.15, -0.1) is 0 Å². The van der Waals surface area contributed by atoms with E-state index in [4.69, 9.17) is 23.5 Å². The number of rotatable bonds is 29. The summed E-state index contributed by atoms with van der Waals surface area (Å²) >= 11 is 0. The molecule has 12 unspecified atom stereocenters. The Morgan fingerprint density at radius 2 is 1.43 bits per heavy atom. The minimum Gasteiger partial charge on any atom is -0.394 e. The van der Waals surface area contributed by atoms with Crippen LogP contribution in [0.4, 0.5) is 5.69 Å². The first-order valence-corrected chi connectivity index (χ1v) is 28.6. The molecule has 0 radical (unpaired) electrons. The molecule has 0 spiro atoms. The summed E-state index contributed by atoms with van der Waals surface area (Å²) in [4.78, 5) is 112. The summed E-state index contributed by atoms with van der Waals surface area (Å²) in [5.41, 5.74) is 1.60. The molecule has 5 rings (SSSR count). The van der Waals surface area contributed by atoms with Gasteiger partial charge in [-0.2, -0.15) is 0 Å². The number of nitrogens with zero attached hydrogens (tertiary/aromatic N) is 1. The number of phosphoric acid groups is 1. The van der Waals surface area contributed by atoms with E-state index in [0.717, 1.165) is 49.2 Å². The van der Waals surface area contributed by atoms with E-state index in [-0.39, 0.29) is 44.0 Å². The average Bonchev–Trinajstić information content (AvgIpc) is 3.34. The maximum Gasteiger partial charge on any atom is 0.481 e. The molecule has 28 heteroatoms. The Bertz CT molecular complexity index is 2490. The maximum absolute atomic E-state index is 13.6. The van der Waals surface area contributed by atoms with Crippen LogP contribution in [-0.4, -0.2) is 183 Å². The zero-order valence-corrected chi connectivity index (χ0v) is 44.9. The van der Waals surface area contributed by atoms with Crippen molar-refractivity contribution in [2.24, 2.45) is 5.92 Å². The topological polar surface area (TPSA) is 382 Å². The van der Waals surface area contributed by atoms with Crippen molar-refractivity contribution in [2.45, 2.75) is 153 Å². The number of anilines is 1. The van der Waals surface area contributed by atoms with Gasteiger partial charge in [0.25, 0.3) is 11.8 Å². The number of amides is 5. The third-order valence-corrected chi connectivity index (χ3v) is 15.6. The summed E-state index contributed by atoms with van der Waals surface area (Å²) in [5, 5.41) is 55.6. The molecule has 2 saturated heterocycles. The molecule has 424 valence electrons. The summed E-state index contributed by atoms with van der Waals surface area (Å²) in [6.07, 6.45) is -12.4. The zero-order chi connectivity index (χ0) is 56.2. The lowest BCUT2D eigenvalue weighted by molar-refractivity contribution is -0.329. The second kappa shape index (κ2) is 27.8. The van der Waals surface area contributed by atoms with Crippen LogP contribution in [0, 0.1) is 5.92 Å². The van der Waals surface area contributed by atoms with E-state index in [1.807, 2.05) is 12.1 Å². The predicted octanol–water partition coefficient (Wildman–Crippen LogP) is 1.15. The Morgan fingerprint density at radius 3 is 2.05 bits per heavy atom. The quantitative estimate of drug-likeness (QED) is 0.0310. The normalized spacial score (nSPS) is 26.9. The van der Waals surface area contributed by atoms with E-state index in [2.05, 4.69) is 32.5 Å². The highest BCUT2D eigenvalue weighted by Gasteiger charge is 2.54. The average molecular weight is 1120 g/mol. The van der Waals surface area contributed by atoms with E-state index >= 15 is 0 Å². The van der Waals surface area contributed by atoms with Crippen LogP contribution in [0.25, 0.3) is 10.8 Å². The van der Waals surface area contributed by atoms with Crippen LogP contribution < -0.4 is 21.3 Å². The lowest BCUT2D eigenvalue weighted by Crippen LogP contribution is -2.69. The van der Waals surface area contributed by atoms with Gasteiger partial charge in [-0.1, -0.05) is 31.9 Å². The van der Waals surface area contributed by atoms with Crippen molar-refractivity contribution in [1.29, 1.82) is 0 Å². The standard InChI is InChI=1S/C48H71N5O21P2/c1-7-8-20-49-33-17-16-32-38-30(33)13-11-14-31(38)45(63)53(46(32)64)22-19-37(60)50-21-10-9-12-29(25(2)56)15-18-34(59)26(3)69-44-40(52-28(5)58)47(70-35(23-54)41(44)61)72-43-36(24-55)71-48(39(42(43)62)51-27(4)57)73-76(67,68)74-75(6,65)66/h11,13-14,16-17,26,29,35-36,39-44,47-49,54-55,61-62H,7-10,12,15,18-24H2,1-6H3,(H,50,60)(H,51,57)(H,52,58)(H,65,66)(H,67,68)/t26-,29-,35?,36?,39?,40?,41?,42?,43?,44?,47?,48?/m1/s1. The number of nitrogens with one attached hydrogen (secondary N) is 4. The van der Waals surface area contributed by atoms with Crippen LogP contribution in [0.15, 0.2) is 30.3 Å². The fourth-order valence-corrected chi connectivity index (χ4v) is 11.4. The number of Topliss-reactive ketones (excluding diaryl/α,β-unsaturated/α-hetero) is 2. The number of ether oxygens (including phenoxy) is 4. The molecule has 2 aromatic carbocycles. The van der Waals surface area contributed by atoms with Gasteiger partial charge >= 0.3 is 15.4 Å². The maximum atomic E-state index is 13.6. The number of phosphoric ester groups is 1. The van der Waals surface area contributed by atoms with Gasteiger partial charge < -0.3 is 70.4 Å². The van der Waals surface area contributed by atoms with Gasteiger partial charge in [-0.25, -0.2) is 8.88 Å². The number of benzene rings is 2. The molecule has 2 fully saturated rings. The van der Waals surface area contributed by atoms with Crippen molar-refractivity contribution >= 4 is 73.0 Å². The molecule has 0 aliphatic carbocycles. The van der Waals surface area contributed by atoms with E-state index in [9.17, 15) is 72.9 Å². The summed E-state index contributed by atoms with van der Waals surface area (Å²) in [5.74, 6) is -4.18. The first kappa shape index (κ1) is 62.2. The van der Waals surface area contributed by atoms with Crippen molar-refractivity contribution in [2.75, 3.05) is 44.8 Å². The molecule has 76 heavy (non-hydrogen) atoms. The van der Waals surface area contributed by atoms with Crippen molar-refractivity contribution in [3.05, 3.63) is 41.5 Å². The Kier molecular flexibility index (Phi) is 22.8. The number of imide groups is 1. The number of aliphatic hydroxyl groups excluding tert-OH is 4. The molecule has 3 aliphatic heterocycles. The monoisotopic (exact) mass is 1120 g/mol. The summed E-state index contributed by atoms with van der Waals surface area (Å²) in [6.45, 7) is 6.47.